The van der Waals surface area contributed by atoms with Gasteiger partial charge in [-0.3, -0.25) is 4.79 Å². The van der Waals surface area contributed by atoms with Gasteiger partial charge in [0, 0.05) is 21.9 Å². The molecule has 0 spiro atoms. The second kappa shape index (κ2) is 6.52. The van der Waals surface area contributed by atoms with Crippen molar-refractivity contribution in [3.8, 4) is 0 Å². The molecule has 0 radical (unpaired) electrons. The highest BCUT2D eigenvalue weighted by molar-refractivity contribution is 9.10. The van der Waals surface area contributed by atoms with Crippen LogP contribution in [0, 0.1) is 0 Å². The van der Waals surface area contributed by atoms with Gasteiger partial charge in [-0.05, 0) is 40.5 Å². The van der Waals surface area contributed by atoms with Crippen molar-refractivity contribution in [1.29, 1.82) is 0 Å². The van der Waals surface area contributed by atoms with Gasteiger partial charge in [-0.2, -0.15) is 0 Å². The topological polar surface area (TPSA) is 54.9 Å². The van der Waals surface area contributed by atoms with Crippen LogP contribution in [0.15, 0.2) is 28.9 Å². The van der Waals surface area contributed by atoms with Gasteiger partial charge in [0.1, 0.15) is 5.15 Å². The Kier molecular flexibility index (Phi) is 4.96. The third-order valence-corrected chi connectivity index (χ3v) is 3.45. The van der Waals surface area contributed by atoms with Crippen LogP contribution in [0.2, 0.25) is 10.3 Å². The monoisotopic (exact) mass is 373 g/mol. The lowest BCUT2D eigenvalue weighted by Gasteiger charge is -2.08. The van der Waals surface area contributed by atoms with Crippen LogP contribution < -0.4 is 5.32 Å². The lowest BCUT2D eigenvalue weighted by Crippen LogP contribution is -2.13. The molecule has 2 rings (SSSR count). The van der Waals surface area contributed by atoms with E-state index >= 15 is 0 Å². The van der Waals surface area contributed by atoms with E-state index in [1.165, 1.54) is 6.07 Å². The Morgan fingerprint density at radius 2 is 2.10 bits per heavy atom. The number of hydrogen-bond donors (Lipinski definition) is 1. The molecular weight excluding hydrogens is 365 g/mol. The number of nitrogens with zero attached hydrogens (tertiary/aromatic N) is 2. The molecular formula is C13H10BrCl2N3O. The molecule has 0 aliphatic carbocycles. The molecule has 0 aliphatic heterocycles. The molecule has 4 nitrogen and oxygen atoms in total. The molecule has 2 aromatic rings. The van der Waals surface area contributed by atoms with Crippen molar-refractivity contribution in [3.63, 3.8) is 0 Å². The molecule has 0 saturated heterocycles. The van der Waals surface area contributed by atoms with Gasteiger partial charge in [0.15, 0.2) is 5.15 Å². The third kappa shape index (κ3) is 3.69. The first kappa shape index (κ1) is 15.2. The largest absolute Gasteiger partial charge is 0.319 e. The smallest absolute Gasteiger partial charge is 0.255 e. The Morgan fingerprint density at radius 1 is 1.35 bits per heavy atom. The van der Waals surface area contributed by atoms with Gasteiger partial charge in [-0.1, -0.05) is 30.1 Å². The molecule has 2 aromatic heterocycles. The van der Waals surface area contributed by atoms with Crippen molar-refractivity contribution in [3.05, 3.63) is 50.4 Å². The molecule has 0 fully saturated rings. The van der Waals surface area contributed by atoms with Crippen LogP contribution in [0.5, 0.6) is 0 Å². The molecule has 0 bridgehead atoms. The van der Waals surface area contributed by atoms with Crippen molar-refractivity contribution in [1.82, 2.24) is 9.97 Å². The van der Waals surface area contributed by atoms with Crippen molar-refractivity contribution in [2.24, 2.45) is 0 Å². The van der Waals surface area contributed by atoms with Crippen LogP contribution in [0.3, 0.4) is 0 Å². The average Bonchev–Trinajstić information content (AvgIpc) is 2.42. The normalized spacial score (nSPS) is 10.4. The number of carbonyl (C=O) groups excluding carboxylic acids is 1. The first-order valence-corrected chi connectivity index (χ1v) is 7.33. The van der Waals surface area contributed by atoms with Crippen molar-refractivity contribution < 1.29 is 4.79 Å². The molecule has 7 heteroatoms. The maximum absolute atomic E-state index is 12.2. The highest BCUT2D eigenvalue weighted by Crippen LogP contribution is 2.24. The van der Waals surface area contributed by atoms with Gasteiger partial charge in [0.2, 0.25) is 0 Å². The second-order valence-corrected chi connectivity index (χ2v) is 5.63. The number of aromatic nitrogens is 2. The fourth-order valence-electron chi connectivity index (χ4n) is 1.57. The number of anilines is 1. The Bertz CT molecular complexity index is 664. The van der Waals surface area contributed by atoms with Crippen LogP contribution >= 0.6 is 39.1 Å². The lowest BCUT2D eigenvalue weighted by molar-refractivity contribution is 0.102. The van der Waals surface area contributed by atoms with E-state index < -0.39 is 0 Å². The highest BCUT2D eigenvalue weighted by atomic mass is 79.9. The summed E-state index contributed by atoms with van der Waals surface area (Å²) >= 11 is 15.1. The van der Waals surface area contributed by atoms with E-state index in [9.17, 15) is 4.79 Å². The summed E-state index contributed by atoms with van der Waals surface area (Å²) < 4.78 is 0.721. The summed E-state index contributed by atoms with van der Waals surface area (Å²) in [4.78, 5) is 20.3. The Labute approximate surface area is 134 Å². The van der Waals surface area contributed by atoms with Gasteiger partial charge in [-0.15, -0.1) is 0 Å². The van der Waals surface area contributed by atoms with Crippen LogP contribution in [-0.4, -0.2) is 15.9 Å². The molecule has 20 heavy (non-hydrogen) atoms. The SMILES string of the molecule is CCc1cc(C(=O)Nc2cc(Br)cnc2Cl)cc(Cl)n1. The summed E-state index contributed by atoms with van der Waals surface area (Å²) in [5, 5.41) is 3.20. The maximum Gasteiger partial charge on any atom is 0.255 e. The fraction of sp³-hybridized carbons (Fsp3) is 0.154. The predicted molar refractivity (Wildman–Crippen MR) is 83.5 cm³/mol. The van der Waals surface area contributed by atoms with Gasteiger partial charge in [0.25, 0.3) is 5.91 Å². The van der Waals surface area contributed by atoms with E-state index in [0.717, 1.165) is 10.2 Å². The summed E-state index contributed by atoms with van der Waals surface area (Å²) in [7, 11) is 0. The molecule has 104 valence electrons. The van der Waals surface area contributed by atoms with E-state index in [2.05, 4.69) is 31.2 Å². The van der Waals surface area contributed by atoms with E-state index in [-0.39, 0.29) is 16.2 Å². The van der Waals surface area contributed by atoms with Gasteiger partial charge in [-0.25, -0.2) is 9.97 Å². The van der Waals surface area contributed by atoms with E-state index in [1.807, 2.05) is 6.92 Å². The Balaban J connectivity index is 2.28. The average molecular weight is 375 g/mol. The number of nitrogens with one attached hydrogen (secondary N) is 1. The Hall–Kier alpha value is -1.17. The van der Waals surface area contributed by atoms with Crippen molar-refractivity contribution >= 4 is 50.7 Å². The van der Waals surface area contributed by atoms with E-state index in [4.69, 9.17) is 23.2 Å². The van der Waals surface area contributed by atoms with Gasteiger partial charge < -0.3 is 5.32 Å². The van der Waals surface area contributed by atoms with E-state index in [1.54, 1.807) is 18.3 Å². The number of carbonyl (C=O) groups is 1. The summed E-state index contributed by atoms with van der Waals surface area (Å²) in [6.45, 7) is 1.94. The number of pyridine rings is 2. The molecule has 0 unspecified atom stereocenters. The lowest BCUT2D eigenvalue weighted by atomic mass is 10.2. The zero-order valence-electron chi connectivity index (χ0n) is 10.5. The molecule has 2 heterocycles. The zero-order chi connectivity index (χ0) is 14.7. The molecule has 0 atom stereocenters. The molecule has 0 aromatic carbocycles. The number of rotatable bonds is 3. The summed E-state index contributed by atoms with van der Waals surface area (Å²) in [6, 6.07) is 4.88. The molecule has 1 amide bonds. The van der Waals surface area contributed by atoms with Crippen molar-refractivity contribution in [2.75, 3.05) is 5.32 Å². The maximum atomic E-state index is 12.2. The minimum absolute atomic E-state index is 0.220. The quantitative estimate of drug-likeness (QED) is 0.812. The van der Waals surface area contributed by atoms with Crippen LogP contribution in [0.25, 0.3) is 0 Å². The summed E-state index contributed by atoms with van der Waals surface area (Å²) in [5.74, 6) is -0.314. The van der Waals surface area contributed by atoms with Crippen LogP contribution in [0.1, 0.15) is 23.0 Å². The standard InChI is InChI=1S/C13H10BrCl2N3O/c1-2-9-3-7(4-11(15)18-9)13(20)19-10-5-8(14)6-17-12(10)16/h3-6H,2H2,1H3,(H,19,20). The molecule has 0 saturated carbocycles. The number of amides is 1. The molecule has 0 aliphatic rings. The minimum atomic E-state index is -0.314. The summed E-state index contributed by atoms with van der Waals surface area (Å²) in [5.41, 5.74) is 1.61. The summed E-state index contributed by atoms with van der Waals surface area (Å²) in [6.07, 6.45) is 2.25. The van der Waals surface area contributed by atoms with Gasteiger partial charge in [0.05, 0.1) is 5.69 Å². The highest BCUT2D eigenvalue weighted by Gasteiger charge is 2.12. The fourth-order valence-corrected chi connectivity index (χ4v) is 2.28. The van der Waals surface area contributed by atoms with Crippen LogP contribution in [0.4, 0.5) is 5.69 Å². The Morgan fingerprint density at radius 3 is 2.80 bits per heavy atom. The second-order valence-electron chi connectivity index (χ2n) is 3.97. The molecule has 1 N–H and O–H groups in total. The first-order chi connectivity index (χ1) is 9.49. The van der Waals surface area contributed by atoms with E-state index in [0.29, 0.717) is 17.7 Å². The zero-order valence-corrected chi connectivity index (χ0v) is 13.6. The predicted octanol–water partition coefficient (Wildman–Crippen LogP) is 4.36. The number of hydrogen-bond acceptors (Lipinski definition) is 3. The third-order valence-electron chi connectivity index (χ3n) is 2.53. The van der Waals surface area contributed by atoms with Crippen LogP contribution in [-0.2, 0) is 6.42 Å². The number of aryl methyl sites for hydroxylation is 1. The van der Waals surface area contributed by atoms with Gasteiger partial charge >= 0.3 is 0 Å². The first-order valence-electron chi connectivity index (χ1n) is 5.78. The minimum Gasteiger partial charge on any atom is -0.319 e. The van der Waals surface area contributed by atoms with Crippen molar-refractivity contribution in [2.45, 2.75) is 13.3 Å². The number of halogens is 3.